The van der Waals surface area contributed by atoms with Gasteiger partial charge in [-0.1, -0.05) is 6.07 Å². The van der Waals surface area contributed by atoms with E-state index < -0.39 is 0 Å². The molecule has 1 amide bonds. The second-order valence-electron chi connectivity index (χ2n) is 3.89. The third-order valence-corrected chi connectivity index (χ3v) is 2.67. The van der Waals surface area contributed by atoms with Gasteiger partial charge in [-0.3, -0.25) is 9.48 Å². The van der Waals surface area contributed by atoms with E-state index in [1.165, 1.54) is 0 Å². The molecule has 0 unspecified atom stereocenters. The predicted octanol–water partition coefficient (Wildman–Crippen LogP) is 1.08. The van der Waals surface area contributed by atoms with E-state index in [0.717, 1.165) is 10.7 Å². The molecule has 0 radical (unpaired) electrons. The molecule has 1 heterocycles. The molecule has 5 nitrogen and oxygen atoms in total. The van der Waals surface area contributed by atoms with E-state index in [-0.39, 0.29) is 5.91 Å². The molecule has 0 aliphatic heterocycles. The van der Waals surface area contributed by atoms with Gasteiger partial charge in [0.05, 0.1) is 0 Å². The van der Waals surface area contributed by atoms with E-state index in [0.29, 0.717) is 18.5 Å². The Balaban J connectivity index is 1.85. The lowest BCUT2D eigenvalue weighted by Gasteiger charge is -2.04. The number of benzene rings is 1. The fourth-order valence-electron chi connectivity index (χ4n) is 1.54. The van der Waals surface area contributed by atoms with Crippen LogP contribution in [0.2, 0.25) is 0 Å². The number of carbonyl (C=O) groups is 1. The normalized spacial score (nSPS) is 10.3. The first kappa shape index (κ1) is 12.6. The topological polar surface area (TPSA) is 59.8 Å². The van der Waals surface area contributed by atoms with Crippen LogP contribution < -0.4 is 5.32 Å². The summed E-state index contributed by atoms with van der Waals surface area (Å²) in [5.41, 5.74) is 0.608. The molecular weight excluding hydrogens is 248 g/mol. The van der Waals surface area contributed by atoms with Crippen molar-refractivity contribution in [2.24, 2.45) is 7.05 Å². The minimum absolute atomic E-state index is 0.109. The van der Waals surface area contributed by atoms with Gasteiger partial charge in [0.25, 0.3) is 5.91 Å². The van der Waals surface area contributed by atoms with Crippen molar-refractivity contribution in [3.8, 4) is 0 Å². The first-order chi connectivity index (χ1) is 8.65. The zero-order valence-electron chi connectivity index (χ0n) is 10.00. The highest BCUT2D eigenvalue weighted by Gasteiger charge is 2.05. The van der Waals surface area contributed by atoms with Gasteiger partial charge >= 0.3 is 0 Å². The van der Waals surface area contributed by atoms with Crippen LogP contribution in [0.15, 0.2) is 35.5 Å². The summed E-state index contributed by atoms with van der Waals surface area (Å²) in [7, 11) is 1.81. The lowest BCUT2D eigenvalue weighted by Crippen LogP contribution is -2.25. The number of hydrogen-bond donors (Lipinski definition) is 2. The molecule has 18 heavy (non-hydrogen) atoms. The number of thiol groups is 1. The molecule has 0 atom stereocenters. The number of aromatic nitrogens is 3. The highest BCUT2D eigenvalue weighted by Crippen LogP contribution is 2.08. The highest BCUT2D eigenvalue weighted by molar-refractivity contribution is 7.80. The maximum atomic E-state index is 11.8. The molecule has 2 aromatic rings. The average Bonchev–Trinajstić information content (AvgIpc) is 2.75. The smallest absolute Gasteiger partial charge is 0.251 e. The lowest BCUT2D eigenvalue weighted by molar-refractivity contribution is 0.0954. The van der Waals surface area contributed by atoms with Crippen molar-refractivity contribution in [3.63, 3.8) is 0 Å². The Bertz CT molecular complexity index is 553. The number of amides is 1. The van der Waals surface area contributed by atoms with Crippen molar-refractivity contribution in [1.82, 2.24) is 20.1 Å². The Labute approximate surface area is 111 Å². The van der Waals surface area contributed by atoms with Gasteiger partial charge in [-0.15, -0.1) is 12.6 Å². The van der Waals surface area contributed by atoms with Crippen LogP contribution in [0.4, 0.5) is 0 Å². The number of carbonyl (C=O) groups excluding carboxylic acids is 1. The highest BCUT2D eigenvalue weighted by atomic mass is 32.1. The van der Waals surface area contributed by atoms with E-state index in [2.05, 4.69) is 28.0 Å². The van der Waals surface area contributed by atoms with Crippen LogP contribution in [-0.2, 0) is 13.5 Å². The molecule has 1 N–H and O–H groups in total. The predicted molar refractivity (Wildman–Crippen MR) is 70.7 cm³/mol. The van der Waals surface area contributed by atoms with Crippen LogP contribution in [-0.4, -0.2) is 27.2 Å². The van der Waals surface area contributed by atoms with Gasteiger partial charge in [0.2, 0.25) is 0 Å². The molecule has 0 aliphatic carbocycles. The van der Waals surface area contributed by atoms with Gasteiger partial charge in [-0.2, -0.15) is 5.10 Å². The summed E-state index contributed by atoms with van der Waals surface area (Å²) in [5, 5.41) is 6.96. The van der Waals surface area contributed by atoms with Crippen LogP contribution >= 0.6 is 12.6 Å². The Morgan fingerprint density at radius 3 is 3.00 bits per heavy atom. The standard InChI is InChI=1S/C12H14N4OS/c1-16-8-14-11(15-16)5-6-13-12(17)9-3-2-4-10(18)7-9/h2-4,7-8,18H,5-6H2,1H3,(H,13,17). The lowest BCUT2D eigenvalue weighted by atomic mass is 10.2. The Kier molecular flexibility index (Phi) is 3.99. The van der Waals surface area contributed by atoms with Gasteiger partial charge in [-0.25, -0.2) is 4.98 Å². The molecular formula is C12H14N4OS. The van der Waals surface area contributed by atoms with E-state index in [9.17, 15) is 4.79 Å². The quantitative estimate of drug-likeness (QED) is 0.811. The molecule has 0 saturated carbocycles. The molecule has 0 bridgehead atoms. The minimum Gasteiger partial charge on any atom is -0.352 e. The number of aryl methyl sites for hydroxylation is 1. The second-order valence-corrected chi connectivity index (χ2v) is 4.41. The Hall–Kier alpha value is -1.82. The van der Waals surface area contributed by atoms with Gasteiger partial charge < -0.3 is 5.32 Å². The van der Waals surface area contributed by atoms with E-state index in [4.69, 9.17) is 0 Å². The van der Waals surface area contributed by atoms with Gasteiger partial charge in [-0.05, 0) is 18.2 Å². The molecule has 1 aromatic carbocycles. The third-order valence-electron chi connectivity index (χ3n) is 2.39. The van der Waals surface area contributed by atoms with Crippen LogP contribution in [0.5, 0.6) is 0 Å². The van der Waals surface area contributed by atoms with E-state index >= 15 is 0 Å². The average molecular weight is 262 g/mol. The summed E-state index contributed by atoms with van der Waals surface area (Å²) in [4.78, 5) is 16.7. The number of nitrogens with zero attached hydrogens (tertiary/aromatic N) is 3. The summed E-state index contributed by atoms with van der Waals surface area (Å²) in [6.07, 6.45) is 2.26. The Morgan fingerprint density at radius 2 is 2.33 bits per heavy atom. The summed E-state index contributed by atoms with van der Waals surface area (Å²) < 4.78 is 1.64. The second kappa shape index (κ2) is 5.68. The maximum absolute atomic E-state index is 11.8. The van der Waals surface area contributed by atoms with Gasteiger partial charge in [0.15, 0.2) is 5.82 Å². The van der Waals surface area contributed by atoms with Crippen molar-refractivity contribution in [1.29, 1.82) is 0 Å². The van der Waals surface area contributed by atoms with Crippen LogP contribution in [0.1, 0.15) is 16.2 Å². The zero-order valence-corrected chi connectivity index (χ0v) is 10.9. The van der Waals surface area contributed by atoms with Crippen molar-refractivity contribution in [2.45, 2.75) is 11.3 Å². The van der Waals surface area contributed by atoms with Crippen LogP contribution in [0.25, 0.3) is 0 Å². The first-order valence-electron chi connectivity index (χ1n) is 5.57. The number of hydrogen-bond acceptors (Lipinski definition) is 4. The largest absolute Gasteiger partial charge is 0.352 e. The molecule has 2 rings (SSSR count). The molecule has 0 saturated heterocycles. The summed E-state index contributed by atoms with van der Waals surface area (Å²) in [6, 6.07) is 7.13. The van der Waals surface area contributed by atoms with Gasteiger partial charge in [0.1, 0.15) is 6.33 Å². The van der Waals surface area contributed by atoms with E-state index in [1.807, 2.05) is 13.1 Å². The fourth-order valence-corrected chi connectivity index (χ4v) is 1.76. The number of nitrogens with one attached hydrogen (secondary N) is 1. The minimum atomic E-state index is -0.109. The van der Waals surface area contributed by atoms with Crippen molar-refractivity contribution in [3.05, 3.63) is 42.0 Å². The number of rotatable bonds is 4. The molecule has 94 valence electrons. The van der Waals surface area contributed by atoms with Crippen LogP contribution in [0.3, 0.4) is 0 Å². The fraction of sp³-hybridized carbons (Fsp3) is 0.250. The molecule has 1 aromatic heterocycles. The van der Waals surface area contributed by atoms with Crippen LogP contribution in [0, 0.1) is 0 Å². The first-order valence-corrected chi connectivity index (χ1v) is 6.01. The maximum Gasteiger partial charge on any atom is 0.251 e. The monoisotopic (exact) mass is 262 g/mol. The third kappa shape index (κ3) is 3.33. The summed E-state index contributed by atoms with van der Waals surface area (Å²) in [5.74, 6) is 0.613. The zero-order chi connectivity index (χ0) is 13.0. The Morgan fingerprint density at radius 1 is 1.50 bits per heavy atom. The van der Waals surface area contributed by atoms with Crippen molar-refractivity contribution >= 4 is 18.5 Å². The SMILES string of the molecule is Cn1cnc(CCNC(=O)c2cccc(S)c2)n1. The summed E-state index contributed by atoms with van der Waals surface area (Å²) in [6.45, 7) is 0.514. The molecule has 6 heteroatoms. The van der Waals surface area contributed by atoms with Gasteiger partial charge in [0, 0.05) is 30.5 Å². The van der Waals surface area contributed by atoms with Crippen molar-refractivity contribution < 1.29 is 4.79 Å². The summed E-state index contributed by atoms with van der Waals surface area (Å²) >= 11 is 4.20. The van der Waals surface area contributed by atoms with E-state index in [1.54, 1.807) is 29.2 Å². The van der Waals surface area contributed by atoms with Crippen molar-refractivity contribution in [2.75, 3.05) is 6.54 Å². The molecule has 0 aliphatic rings. The molecule has 0 fully saturated rings. The molecule has 0 spiro atoms.